The third-order valence-electron chi connectivity index (χ3n) is 6.76. The molecule has 0 saturated heterocycles. The van der Waals surface area contributed by atoms with E-state index in [0.717, 1.165) is 53.4 Å². The van der Waals surface area contributed by atoms with Crippen LogP contribution in [0.5, 0.6) is 0 Å². The van der Waals surface area contributed by atoms with Crippen molar-refractivity contribution in [3.63, 3.8) is 0 Å². The molecule has 31 heavy (non-hydrogen) atoms. The van der Waals surface area contributed by atoms with Gasteiger partial charge in [-0.15, -0.1) is 16.9 Å². The van der Waals surface area contributed by atoms with Crippen LogP contribution in [0.15, 0.2) is 29.2 Å². The summed E-state index contributed by atoms with van der Waals surface area (Å²) in [7, 11) is 0. The van der Waals surface area contributed by atoms with E-state index in [1.165, 1.54) is 31.0 Å². The second kappa shape index (κ2) is 8.71. The zero-order valence-corrected chi connectivity index (χ0v) is 19.4. The smallest absolute Gasteiger partial charge is 0.339 e. The molecule has 4 aliphatic carbocycles. The standard InChI is InChI=1S/C22H24ClN3O3S2/c23-20-17(25-26-31-20)11-29-21(28)16-3-1-2-4-18(16)30-12-19(27)24-22-8-13-5-14(9-22)7-15(6-13)10-22/h1-4,13-15H,5-12H2,(H,24,27). The molecule has 4 bridgehead atoms. The van der Waals surface area contributed by atoms with Gasteiger partial charge in [0.1, 0.15) is 16.6 Å². The second-order valence-electron chi connectivity index (χ2n) is 9.10. The van der Waals surface area contributed by atoms with Crippen molar-refractivity contribution >= 4 is 46.8 Å². The number of hydrogen-bond acceptors (Lipinski definition) is 7. The van der Waals surface area contributed by atoms with Gasteiger partial charge in [-0.05, 0) is 68.4 Å². The maximum Gasteiger partial charge on any atom is 0.339 e. The molecule has 4 fully saturated rings. The zero-order chi connectivity index (χ0) is 21.4. The molecule has 6 nitrogen and oxygen atoms in total. The molecule has 4 saturated carbocycles. The number of aromatic nitrogens is 2. The Kier molecular flexibility index (Phi) is 5.96. The highest BCUT2D eigenvalue weighted by Crippen LogP contribution is 2.55. The fourth-order valence-corrected chi connectivity index (χ4v) is 7.44. The molecule has 1 heterocycles. The summed E-state index contributed by atoms with van der Waals surface area (Å²) < 4.78 is 9.51. The lowest BCUT2D eigenvalue weighted by molar-refractivity contribution is -0.124. The highest BCUT2D eigenvalue weighted by atomic mass is 35.5. The van der Waals surface area contributed by atoms with Gasteiger partial charge in [0.05, 0.1) is 11.3 Å². The van der Waals surface area contributed by atoms with Crippen LogP contribution in [0.3, 0.4) is 0 Å². The summed E-state index contributed by atoms with van der Waals surface area (Å²) >= 11 is 8.39. The summed E-state index contributed by atoms with van der Waals surface area (Å²) in [6.07, 6.45) is 7.44. The molecule has 1 aromatic carbocycles. The van der Waals surface area contributed by atoms with Gasteiger partial charge < -0.3 is 10.1 Å². The normalized spacial score (nSPS) is 28.5. The van der Waals surface area contributed by atoms with Crippen LogP contribution in [-0.2, 0) is 16.1 Å². The maximum absolute atomic E-state index is 12.8. The molecule has 0 spiro atoms. The van der Waals surface area contributed by atoms with Crippen molar-refractivity contribution in [3.05, 3.63) is 39.9 Å². The molecule has 4 aliphatic rings. The second-order valence-corrected chi connectivity index (χ2v) is 11.5. The predicted octanol–water partition coefficient (Wildman–Crippen LogP) is 4.73. The number of halogens is 1. The van der Waals surface area contributed by atoms with Gasteiger partial charge in [0.2, 0.25) is 5.91 Å². The first-order valence-corrected chi connectivity index (χ1v) is 12.8. The topological polar surface area (TPSA) is 81.2 Å². The van der Waals surface area contributed by atoms with E-state index in [4.69, 9.17) is 16.3 Å². The van der Waals surface area contributed by atoms with Crippen molar-refractivity contribution in [2.75, 3.05) is 5.75 Å². The number of nitrogens with zero attached hydrogens (tertiary/aromatic N) is 2. The first kappa shape index (κ1) is 21.2. The minimum atomic E-state index is -0.464. The Labute approximate surface area is 194 Å². The summed E-state index contributed by atoms with van der Waals surface area (Å²) in [5, 5.41) is 7.24. The Balaban J connectivity index is 1.18. The number of rotatable bonds is 7. The van der Waals surface area contributed by atoms with Crippen molar-refractivity contribution < 1.29 is 14.3 Å². The molecule has 0 atom stereocenters. The van der Waals surface area contributed by atoms with Crippen LogP contribution < -0.4 is 5.32 Å². The van der Waals surface area contributed by atoms with E-state index in [1.54, 1.807) is 12.1 Å². The molecule has 6 rings (SSSR count). The van der Waals surface area contributed by atoms with Crippen molar-refractivity contribution in [2.45, 2.75) is 55.6 Å². The number of thioether (sulfide) groups is 1. The molecule has 2 aromatic rings. The number of ether oxygens (including phenoxy) is 1. The van der Waals surface area contributed by atoms with E-state index in [1.807, 2.05) is 12.1 Å². The van der Waals surface area contributed by atoms with Crippen LogP contribution in [-0.4, -0.2) is 32.8 Å². The predicted molar refractivity (Wildman–Crippen MR) is 120 cm³/mol. The molecular formula is C22H24ClN3O3S2. The Morgan fingerprint density at radius 3 is 2.48 bits per heavy atom. The van der Waals surface area contributed by atoms with Crippen molar-refractivity contribution in [1.82, 2.24) is 14.9 Å². The lowest BCUT2D eigenvalue weighted by Crippen LogP contribution is -2.60. The van der Waals surface area contributed by atoms with Gasteiger partial charge in [-0.25, -0.2) is 4.79 Å². The Bertz CT molecular complexity index is 961. The highest BCUT2D eigenvalue weighted by Gasteiger charge is 2.51. The highest BCUT2D eigenvalue weighted by molar-refractivity contribution is 8.00. The summed E-state index contributed by atoms with van der Waals surface area (Å²) in [5.74, 6) is 2.24. The van der Waals surface area contributed by atoms with Crippen LogP contribution in [0.25, 0.3) is 0 Å². The lowest BCUT2D eigenvalue weighted by atomic mass is 9.53. The van der Waals surface area contributed by atoms with E-state index in [0.29, 0.717) is 15.6 Å². The van der Waals surface area contributed by atoms with E-state index >= 15 is 0 Å². The Hall–Kier alpha value is -1.64. The van der Waals surface area contributed by atoms with E-state index in [2.05, 4.69) is 14.9 Å². The number of benzene rings is 1. The van der Waals surface area contributed by atoms with Gasteiger partial charge in [-0.1, -0.05) is 28.2 Å². The van der Waals surface area contributed by atoms with Gasteiger partial charge in [-0.3, -0.25) is 4.79 Å². The van der Waals surface area contributed by atoms with Crippen LogP contribution in [0.4, 0.5) is 0 Å². The molecule has 9 heteroatoms. The molecule has 0 unspecified atom stereocenters. The molecule has 1 aromatic heterocycles. The summed E-state index contributed by atoms with van der Waals surface area (Å²) in [6, 6.07) is 7.20. The summed E-state index contributed by atoms with van der Waals surface area (Å²) in [4.78, 5) is 26.1. The van der Waals surface area contributed by atoms with Crippen molar-refractivity contribution in [2.24, 2.45) is 17.8 Å². The number of carbonyl (C=O) groups excluding carboxylic acids is 2. The number of amides is 1. The van der Waals surface area contributed by atoms with Gasteiger partial charge in [0.15, 0.2) is 0 Å². The van der Waals surface area contributed by atoms with E-state index < -0.39 is 5.97 Å². The minimum absolute atomic E-state index is 0.00564. The van der Waals surface area contributed by atoms with Crippen LogP contribution >= 0.6 is 34.9 Å². The zero-order valence-electron chi connectivity index (χ0n) is 17.0. The monoisotopic (exact) mass is 477 g/mol. The molecule has 1 amide bonds. The number of esters is 1. The summed E-state index contributed by atoms with van der Waals surface area (Å²) in [6.45, 7) is -0.0281. The lowest BCUT2D eigenvalue weighted by Gasteiger charge is -2.56. The Morgan fingerprint density at radius 1 is 1.16 bits per heavy atom. The number of carbonyl (C=O) groups is 2. The molecular weight excluding hydrogens is 454 g/mol. The molecule has 164 valence electrons. The minimum Gasteiger partial charge on any atom is -0.455 e. The molecule has 0 radical (unpaired) electrons. The quantitative estimate of drug-likeness (QED) is 0.458. The SMILES string of the molecule is O=C(CSc1ccccc1C(=O)OCc1nnsc1Cl)NC12CC3CC(CC(C3)C1)C2. The van der Waals surface area contributed by atoms with Crippen molar-refractivity contribution in [3.8, 4) is 0 Å². The van der Waals surface area contributed by atoms with E-state index in [9.17, 15) is 9.59 Å². The van der Waals surface area contributed by atoms with Gasteiger partial charge in [-0.2, -0.15) is 0 Å². The first-order valence-electron chi connectivity index (χ1n) is 10.7. The van der Waals surface area contributed by atoms with Crippen LogP contribution in [0.1, 0.15) is 54.6 Å². The van der Waals surface area contributed by atoms with Crippen molar-refractivity contribution in [1.29, 1.82) is 0 Å². The Morgan fingerprint density at radius 2 is 1.84 bits per heavy atom. The fraction of sp³-hybridized carbons (Fsp3) is 0.545. The average Bonchev–Trinajstić information content (AvgIpc) is 3.14. The largest absolute Gasteiger partial charge is 0.455 e. The maximum atomic E-state index is 12.8. The number of hydrogen-bond donors (Lipinski definition) is 1. The third-order valence-corrected chi connectivity index (χ3v) is 8.82. The average molecular weight is 478 g/mol. The van der Waals surface area contributed by atoms with Crippen LogP contribution in [0.2, 0.25) is 4.34 Å². The van der Waals surface area contributed by atoms with E-state index in [-0.39, 0.29) is 23.8 Å². The van der Waals surface area contributed by atoms with Gasteiger partial charge >= 0.3 is 5.97 Å². The number of nitrogens with one attached hydrogen (secondary N) is 1. The third kappa shape index (κ3) is 4.61. The first-order chi connectivity index (χ1) is 15.0. The summed E-state index contributed by atoms with van der Waals surface area (Å²) in [5.41, 5.74) is 0.889. The van der Waals surface area contributed by atoms with Crippen LogP contribution in [0, 0.1) is 17.8 Å². The molecule has 0 aliphatic heterocycles. The fourth-order valence-electron chi connectivity index (χ4n) is 5.99. The van der Waals surface area contributed by atoms with Gasteiger partial charge in [0.25, 0.3) is 0 Å². The van der Waals surface area contributed by atoms with Gasteiger partial charge in [0, 0.05) is 22.0 Å². The molecule has 1 N–H and O–H groups in total.